The SMILES string of the molecule is CCOC(=O)c1ccc(NC(=S)N(CC)CCO)cc1. The molecule has 0 atom stereocenters. The second-order valence-corrected chi connectivity index (χ2v) is 4.42. The maximum atomic E-state index is 11.5. The molecule has 0 aliphatic heterocycles. The van der Waals surface area contributed by atoms with Crippen molar-refractivity contribution in [2.45, 2.75) is 13.8 Å². The third kappa shape index (κ3) is 4.79. The summed E-state index contributed by atoms with van der Waals surface area (Å²) < 4.78 is 4.92. The van der Waals surface area contributed by atoms with E-state index in [2.05, 4.69) is 5.32 Å². The van der Waals surface area contributed by atoms with Gasteiger partial charge in [0.15, 0.2) is 5.11 Å². The molecule has 1 aromatic rings. The number of hydrogen-bond donors (Lipinski definition) is 2. The number of aliphatic hydroxyl groups is 1. The van der Waals surface area contributed by atoms with Crippen molar-refractivity contribution in [1.82, 2.24) is 4.90 Å². The van der Waals surface area contributed by atoms with Crippen LogP contribution in [0.25, 0.3) is 0 Å². The van der Waals surface area contributed by atoms with Crippen molar-refractivity contribution in [2.75, 3.05) is 31.6 Å². The average Bonchev–Trinajstić information content (AvgIpc) is 2.45. The fourth-order valence-corrected chi connectivity index (χ4v) is 1.97. The Labute approximate surface area is 124 Å². The standard InChI is InChI=1S/C14H20N2O3S/c1-3-16(9-10-17)14(20)15-12-7-5-11(6-8-12)13(18)19-4-2/h5-8,17H,3-4,9-10H2,1-2H3,(H,15,20). The van der Waals surface area contributed by atoms with Crippen molar-refractivity contribution in [1.29, 1.82) is 0 Å². The summed E-state index contributed by atoms with van der Waals surface area (Å²) in [4.78, 5) is 13.4. The van der Waals surface area contributed by atoms with E-state index in [-0.39, 0.29) is 12.6 Å². The van der Waals surface area contributed by atoms with Gasteiger partial charge in [-0.2, -0.15) is 0 Å². The van der Waals surface area contributed by atoms with Gasteiger partial charge >= 0.3 is 5.97 Å². The molecule has 0 fully saturated rings. The van der Waals surface area contributed by atoms with Crippen LogP contribution in [0.3, 0.4) is 0 Å². The summed E-state index contributed by atoms with van der Waals surface area (Å²) >= 11 is 5.26. The molecule has 20 heavy (non-hydrogen) atoms. The van der Waals surface area contributed by atoms with Gasteiger partial charge in [-0.15, -0.1) is 0 Å². The predicted octanol–water partition coefficient (Wildman–Crippen LogP) is 1.87. The number of aliphatic hydroxyl groups excluding tert-OH is 1. The Kier molecular flexibility index (Phi) is 6.97. The zero-order valence-corrected chi connectivity index (χ0v) is 12.6. The number of likely N-dealkylation sites (N-methyl/N-ethyl adjacent to an activating group) is 1. The van der Waals surface area contributed by atoms with Crippen molar-refractivity contribution in [2.24, 2.45) is 0 Å². The van der Waals surface area contributed by atoms with Gasteiger partial charge in [0.1, 0.15) is 0 Å². The first-order valence-electron chi connectivity index (χ1n) is 6.56. The third-order valence-corrected chi connectivity index (χ3v) is 3.05. The number of esters is 1. The van der Waals surface area contributed by atoms with E-state index in [1.165, 1.54) is 0 Å². The van der Waals surface area contributed by atoms with Crippen LogP contribution in [0.4, 0.5) is 5.69 Å². The van der Waals surface area contributed by atoms with Crippen LogP contribution in [-0.2, 0) is 4.74 Å². The van der Waals surface area contributed by atoms with Gasteiger partial charge in [0.25, 0.3) is 0 Å². The van der Waals surface area contributed by atoms with Crippen LogP contribution in [-0.4, -0.2) is 47.4 Å². The van der Waals surface area contributed by atoms with E-state index in [1.54, 1.807) is 31.2 Å². The highest BCUT2D eigenvalue weighted by Gasteiger charge is 2.08. The number of carbonyl (C=O) groups excluding carboxylic acids is 1. The highest BCUT2D eigenvalue weighted by atomic mass is 32.1. The molecule has 6 heteroatoms. The number of benzene rings is 1. The van der Waals surface area contributed by atoms with Crippen LogP contribution in [0.1, 0.15) is 24.2 Å². The molecular formula is C14H20N2O3S. The van der Waals surface area contributed by atoms with Crippen molar-refractivity contribution in [3.8, 4) is 0 Å². The fraction of sp³-hybridized carbons (Fsp3) is 0.429. The highest BCUT2D eigenvalue weighted by molar-refractivity contribution is 7.80. The number of carbonyl (C=O) groups is 1. The third-order valence-electron chi connectivity index (χ3n) is 2.69. The van der Waals surface area contributed by atoms with Crippen LogP contribution in [0.15, 0.2) is 24.3 Å². The molecule has 0 aromatic heterocycles. The minimum absolute atomic E-state index is 0.0530. The van der Waals surface area contributed by atoms with E-state index in [4.69, 9.17) is 22.1 Å². The molecule has 0 amide bonds. The minimum Gasteiger partial charge on any atom is -0.462 e. The van der Waals surface area contributed by atoms with E-state index >= 15 is 0 Å². The molecule has 0 aliphatic rings. The first-order chi connectivity index (χ1) is 9.62. The maximum absolute atomic E-state index is 11.5. The summed E-state index contributed by atoms with van der Waals surface area (Å²) in [6, 6.07) is 6.91. The first kappa shape index (κ1) is 16.4. The van der Waals surface area contributed by atoms with Crippen LogP contribution < -0.4 is 5.32 Å². The summed E-state index contributed by atoms with van der Waals surface area (Å²) in [6.07, 6.45) is 0. The Morgan fingerprint density at radius 2 is 2.00 bits per heavy atom. The van der Waals surface area contributed by atoms with Gasteiger partial charge in [-0.25, -0.2) is 4.79 Å². The van der Waals surface area contributed by atoms with Gasteiger partial charge in [0, 0.05) is 18.8 Å². The van der Waals surface area contributed by atoms with Crippen LogP contribution >= 0.6 is 12.2 Å². The summed E-state index contributed by atoms with van der Waals surface area (Å²) in [6.45, 7) is 5.35. The number of nitrogens with one attached hydrogen (secondary N) is 1. The molecule has 1 rings (SSSR count). The van der Waals surface area contributed by atoms with Crippen LogP contribution in [0, 0.1) is 0 Å². The van der Waals surface area contributed by atoms with Crippen molar-refractivity contribution in [3.63, 3.8) is 0 Å². The lowest BCUT2D eigenvalue weighted by Gasteiger charge is -2.23. The van der Waals surface area contributed by atoms with Crippen LogP contribution in [0.5, 0.6) is 0 Å². The van der Waals surface area contributed by atoms with Crippen LogP contribution in [0.2, 0.25) is 0 Å². The number of rotatable bonds is 6. The lowest BCUT2D eigenvalue weighted by molar-refractivity contribution is 0.0526. The average molecular weight is 296 g/mol. The smallest absolute Gasteiger partial charge is 0.338 e. The molecule has 0 saturated heterocycles. The first-order valence-corrected chi connectivity index (χ1v) is 6.97. The molecule has 0 bridgehead atoms. The largest absolute Gasteiger partial charge is 0.462 e. The molecule has 110 valence electrons. The lowest BCUT2D eigenvalue weighted by atomic mass is 10.2. The topological polar surface area (TPSA) is 61.8 Å². The molecule has 1 aromatic carbocycles. The zero-order chi connectivity index (χ0) is 15.0. The Morgan fingerprint density at radius 3 is 2.50 bits per heavy atom. The number of ether oxygens (including phenoxy) is 1. The Bertz CT molecular complexity index is 448. The molecule has 5 nitrogen and oxygen atoms in total. The molecule has 2 N–H and O–H groups in total. The monoisotopic (exact) mass is 296 g/mol. The van der Waals surface area contributed by atoms with Crippen molar-refractivity contribution < 1.29 is 14.6 Å². The quantitative estimate of drug-likeness (QED) is 0.617. The Morgan fingerprint density at radius 1 is 1.35 bits per heavy atom. The summed E-state index contributed by atoms with van der Waals surface area (Å²) in [5.74, 6) is -0.336. The summed E-state index contributed by atoms with van der Waals surface area (Å²) in [5.41, 5.74) is 1.30. The fourth-order valence-electron chi connectivity index (χ4n) is 1.63. The zero-order valence-electron chi connectivity index (χ0n) is 11.8. The normalized spacial score (nSPS) is 9.95. The number of nitrogens with zero attached hydrogens (tertiary/aromatic N) is 1. The van der Waals surface area contributed by atoms with Gasteiger partial charge in [-0.1, -0.05) is 0 Å². The van der Waals surface area contributed by atoms with Gasteiger partial charge in [0.2, 0.25) is 0 Å². The van der Waals surface area contributed by atoms with Crippen molar-refractivity contribution >= 4 is 29.0 Å². The minimum atomic E-state index is -0.336. The van der Waals surface area contributed by atoms with Gasteiger partial charge in [-0.05, 0) is 50.3 Å². The molecule has 0 spiro atoms. The molecule has 0 heterocycles. The van der Waals surface area contributed by atoms with Gasteiger partial charge in [-0.3, -0.25) is 0 Å². The summed E-state index contributed by atoms with van der Waals surface area (Å²) in [5, 5.41) is 12.6. The molecule has 0 unspecified atom stereocenters. The second-order valence-electron chi connectivity index (χ2n) is 4.03. The second kappa shape index (κ2) is 8.50. The number of hydrogen-bond acceptors (Lipinski definition) is 4. The number of thiocarbonyl (C=S) groups is 1. The molecule has 0 aliphatic carbocycles. The molecular weight excluding hydrogens is 276 g/mol. The van der Waals surface area contributed by atoms with E-state index in [0.717, 1.165) is 5.69 Å². The molecule has 0 saturated carbocycles. The number of anilines is 1. The van der Waals surface area contributed by atoms with E-state index < -0.39 is 0 Å². The van der Waals surface area contributed by atoms with E-state index in [1.807, 2.05) is 11.8 Å². The van der Waals surface area contributed by atoms with E-state index in [0.29, 0.717) is 30.4 Å². The Hall–Kier alpha value is -1.66. The van der Waals surface area contributed by atoms with Gasteiger partial charge in [0.05, 0.1) is 18.8 Å². The van der Waals surface area contributed by atoms with E-state index in [9.17, 15) is 4.79 Å². The predicted molar refractivity (Wildman–Crippen MR) is 83.0 cm³/mol. The summed E-state index contributed by atoms with van der Waals surface area (Å²) in [7, 11) is 0. The molecule has 0 radical (unpaired) electrons. The van der Waals surface area contributed by atoms with Crippen molar-refractivity contribution in [3.05, 3.63) is 29.8 Å². The maximum Gasteiger partial charge on any atom is 0.338 e. The lowest BCUT2D eigenvalue weighted by Crippen LogP contribution is -2.36. The highest BCUT2D eigenvalue weighted by Crippen LogP contribution is 2.11. The Balaban J connectivity index is 2.65. The van der Waals surface area contributed by atoms with Gasteiger partial charge < -0.3 is 20.1 Å².